The minimum absolute atomic E-state index is 0.0914. The number of aromatic hydroxyl groups is 1. The first-order chi connectivity index (χ1) is 15.9. The maximum atomic E-state index is 12.6. The van der Waals surface area contributed by atoms with Crippen LogP contribution in [0.5, 0.6) is 5.88 Å². The number of aromatic nitrogens is 3. The number of ether oxygens (including phenoxy) is 1. The summed E-state index contributed by atoms with van der Waals surface area (Å²) in [5.74, 6) is -1.15. The molecule has 2 aromatic carbocycles. The van der Waals surface area contributed by atoms with Crippen LogP contribution in [0.25, 0.3) is 16.6 Å². The predicted octanol–water partition coefficient (Wildman–Crippen LogP) is 2.31. The monoisotopic (exact) mass is 446 g/mol. The van der Waals surface area contributed by atoms with Crippen LogP contribution in [0.2, 0.25) is 0 Å². The molecule has 4 aromatic rings. The molecular formula is C24H22N4O5. The van der Waals surface area contributed by atoms with Gasteiger partial charge in [0, 0.05) is 23.5 Å². The van der Waals surface area contributed by atoms with Gasteiger partial charge < -0.3 is 14.8 Å². The number of nitrogens with one attached hydrogen (secondary N) is 2. The molecule has 2 aromatic heterocycles. The van der Waals surface area contributed by atoms with Crippen LogP contribution in [0.4, 0.5) is 0 Å². The first kappa shape index (κ1) is 21.8. The minimum Gasteiger partial charge on any atom is -0.493 e. The Morgan fingerprint density at radius 2 is 1.82 bits per heavy atom. The van der Waals surface area contributed by atoms with Gasteiger partial charge in [0.05, 0.1) is 18.5 Å². The minimum atomic E-state index is -0.967. The molecule has 33 heavy (non-hydrogen) atoms. The number of carbonyl (C=O) groups excluding carboxylic acids is 1. The number of methoxy groups -OCH3 is 1. The molecule has 0 aliphatic rings. The van der Waals surface area contributed by atoms with Gasteiger partial charge in [-0.2, -0.15) is 0 Å². The van der Waals surface area contributed by atoms with Crippen molar-refractivity contribution in [3.63, 3.8) is 0 Å². The number of benzene rings is 2. The van der Waals surface area contributed by atoms with Crippen LogP contribution in [0.1, 0.15) is 18.1 Å². The molecule has 0 aliphatic carbocycles. The van der Waals surface area contributed by atoms with Crippen molar-refractivity contribution in [2.24, 2.45) is 4.99 Å². The van der Waals surface area contributed by atoms with Gasteiger partial charge in [-0.25, -0.2) is 14.2 Å². The molecule has 1 atom stereocenters. The number of aliphatic imine (C=N–C) groups is 1. The van der Waals surface area contributed by atoms with Crippen LogP contribution in [0, 0.1) is 0 Å². The smallest absolute Gasteiger partial charge is 0.335 e. The van der Waals surface area contributed by atoms with E-state index in [4.69, 9.17) is 4.74 Å². The fourth-order valence-electron chi connectivity index (χ4n) is 3.79. The van der Waals surface area contributed by atoms with Gasteiger partial charge in [0.2, 0.25) is 5.88 Å². The molecule has 3 N–H and O–H groups in total. The molecule has 0 bridgehead atoms. The maximum Gasteiger partial charge on any atom is 0.335 e. The van der Waals surface area contributed by atoms with E-state index >= 15 is 0 Å². The maximum absolute atomic E-state index is 12.6. The summed E-state index contributed by atoms with van der Waals surface area (Å²) < 4.78 is 5.90. The fourth-order valence-corrected chi connectivity index (χ4v) is 3.79. The topological polar surface area (TPSA) is 130 Å². The summed E-state index contributed by atoms with van der Waals surface area (Å²) in [6.07, 6.45) is 2.01. The number of rotatable bonds is 6. The highest BCUT2D eigenvalue weighted by Gasteiger charge is 2.24. The van der Waals surface area contributed by atoms with Gasteiger partial charge in [0.25, 0.3) is 5.56 Å². The molecule has 0 saturated carbocycles. The molecule has 168 valence electrons. The molecule has 0 radical (unpaired) electrons. The number of para-hydroxylation sites is 2. The van der Waals surface area contributed by atoms with Gasteiger partial charge in [-0.05, 0) is 30.7 Å². The Balaban J connectivity index is 1.79. The quantitative estimate of drug-likeness (QED) is 0.309. The van der Waals surface area contributed by atoms with Gasteiger partial charge in [0.15, 0.2) is 6.04 Å². The summed E-state index contributed by atoms with van der Waals surface area (Å²) in [5.41, 5.74) is 0.435. The Hall–Kier alpha value is -4.40. The summed E-state index contributed by atoms with van der Waals surface area (Å²) in [6.45, 7) is 1.50. The second kappa shape index (κ2) is 8.99. The van der Waals surface area contributed by atoms with Crippen molar-refractivity contribution >= 4 is 22.6 Å². The Morgan fingerprint density at radius 1 is 1.12 bits per heavy atom. The van der Waals surface area contributed by atoms with E-state index in [0.717, 1.165) is 21.0 Å². The highest BCUT2D eigenvalue weighted by molar-refractivity contribution is 6.01. The normalized spacial score (nSPS) is 12.6. The first-order valence-electron chi connectivity index (χ1n) is 10.2. The van der Waals surface area contributed by atoms with Crippen molar-refractivity contribution in [3.8, 4) is 11.6 Å². The van der Waals surface area contributed by atoms with E-state index < -0.39 is 29.1 Å². The van der Waals surface area contributed by atoms with Crippen LogP contribution in [-0.2, 0) is 16.0 Å². The SMILES string of the molecule is COC(=O)[C@H](Cc1c[nH]c2ccccc12)N=C(C)c1c(O)n(-c2ccccc2)c(=O)[nH]c1=O. The van der Waals surface area contributed by atoms with Crippen molar-refractivity contribution in [1.82, 2.24) is 14.5 Å². The second-order valence-corrected chi connectivity index (χ2v) is 7.45. The molecule has 0 spiro atoms. The van der Waals surface area contributed by atoms with Gasteiger partial charge in [0.1, 0.15) is 5.56 Å². The highest BCUT2D eigenvalue weighted by Crippen LogP contribution is 2.22. The van der Waals surface area contributed by atoms with Crippen LogP contribution < -0.4 is 11.2 Å². The number of aromatic amines is 2. The predicted molar refractivity (Wildman–Crippen MR) is 124 cm³/mol. The van der Waals surface area contributed by atoms with E-state index in [9.17, 15) is 19.5 Å². The van der Waals surface area contributed by atoms with Crippen LogP contribution >= 0.6 is 0 Å². The Morgan fingerprint density at radius 3 is 2.55 bits per heavy atom. The average Bonchev–Trinajstić information content (AvgIpc) is 3.21. The van der Waals surface area contributed by atoms with E-state index in [1.807, 2.05) is 24.3 Å². The van der Waals surface area contributed by atoms with E-state index in [1.54, 1.807) is 36.5 Å². The summed E-state index contributed by atoms with van der Waals surface area (Å²) in [4.78, 5) is 47.2. The average molecular weight is 446 g/mol. The third-order valence-corrected chi connectivity index (χ3v) is 5.37. The molecule has 0 aliphatic heterocycles. The summed E-state index contributed by atoms with van der Waals surface area (Å²) in [5, 5.41) is 11.8. The molecule has 0 amide bonds. The number of hydrogen-bond donors (Lipinski definition) is 3. The van der Waals surface area contributed by atoms with Crippen LogP contribution in [0.15, 0.2) is 75.4 Å². The summed E-state index contributed by atoms with van der Waals surface area (Å²) in [6, 6.07) is 15.1. The number of carbonyl (C=O) groups is 1. The van der Waals surface area contributed by atoms with Crippen molar-refractivity contribution in [1.29, 1.82) is 0 Å². The molecule has 2 heterocycles. The lowest BCUT2D eigenvalue weighted by atomic mass is 10.0. The van der Waals surface area contributed by atoms with E-state index in [0.29, 0.717) is 5.69 Å². The van der Waals surface area contributed by atoms with Crippen molar-refractivity contribution in [3.05, 3.63) is 92.8 Å². The molecule has 0 fully saturated rings. The van der Waals surface area contributed by atoms with Gasteiger partial charge in [-0.3, -0.25) is 14.8 Å². The molecular weight excluding hydrogens is 424 g/mol. The summed E-state index contributed by atoms with van der Waals surface area (Å²) >= 11 is 0. The van der Waals surface area contributed by atoms with Gasteiger partial charge in [-0.15, -0.1) is 0 Å². The zero-order valence-electron chi connectivity index (χ0n) is 18.0. The molecule has 4 rings (SSSR count). The standard InChI is InChI=1S/C24H22N4O5/c1-14(20-21(29)27-24(32)28(22(20)30)16-8-4-3-5-9-16)26-19(23(31)33-2)12-15-13-25-18-11-7-6-10-17(15)18/h3-11,13,19,25,30H,12H2,1-2H3,(H,27,29,32)/t19-/m0/s1. The summed E-state index contributed by atoms with van der Waals surface area (Å²) in [7, 11) is 1.26. The number of hydrogen-bond acceptors (Lipinski definition) is 6. The lowest BCUT2D eigenvalue weighted by Crippen LogP contribution is -2.33. The van der Waals surface area contributed by atoms with E-state index in [1.165, 1.54) is 14.0 Å². The Bertz CT molecular complexity index is 1460. The van der Waals surface area contributed by atoms with Crippen molar-refractivity contribution in [2.75, 3.05) is 7.11 Å². The second-order valence-electron chi connectivity index (χ2n) is 7.45. The number of nitrogens with zero attached hydrogens (tertiary/aromatic N) is 2. The first-order valence-corrected chi connectivity index (χ1v) is 10.2. The number of H-pyrrole nitrogens is 2. The largest absolute Gasteiger partial charge is 0.493 e. The Kier molecular flexibility index (Phi) is 5.95. The number of fused-ring (bicyclic) bond motifs is 1. The van der Waals surface area contributed by atoms with Crippen molar-refractivity contribution in [2.45, 2.75) is 19.4 Å². The van der Waals surface area contributed by atoms with Gasteiger partial charge >= 0.3 is 11.7 Å². The third kappa shape index (κ3) is 4.20. The highest BCUT2D eigenvalue weighted by atomic mass is 16.5. The third-order valence-electron chi connectivity index (χ3n) is 5.37. The molecule has 0 saturated heterocycles. The fraction of sp³-hybridized carbons (Fsp3) is 0.167. The van der Waals surface area contributed by atoms with Gasteiger partial charge in [-0.1, -0.05) is 36.4 Å². The van der Waals surface area contributed by atoms with Crippen LogP contribution in [0.3, 0.4) is 0 Å². The zero-order valence-corrected chi connectivity index (χ0v) is 18.0. The van der Waals surface area contributed by atoms with E-state index in [-0.39, 0.29) is 17.7 Å². The van der Waals surface area contributed by atoms with E-state index in [2.05, 4.69) is 15.0 Å². The zero-order chi connectivity index (χ0) is 23.5. The lowest BCUT2D eigenvalue weighted by molar-refractivity contribution is -0.142. The van der Waals surface area contributed by atoms with Crippen molar-refractivity contribution < 1.29 is 14.6 Å². The lowest BCUT2D eigenvalue weighted by Gasteiger charge is -2.14. The molecule has 9 heteroatoms. The molecule has 0 unspecified atom stereocenters. The molecule has 9 nitrogen and oxygen atoms in total. The number of esters is 1. The van der Waals surface area contributed by atoms with Crippen LogP contribution in [-0.4, -0.2) is 44.5 Å². The Labute approximate surface area is 188 Å².